The monoisotopic (exact) mass is 210 g/mol. The van der Waals surface area contributed by atoms with Crippen LogP contribution in [0.15, 0.2) is 12.7 Å². The quantitative estimate of drug-likeness (QED) is 0.699. The standard InChI is InChI=1S/C13H26N2/c1-5-8-15-13(10-14)7-6-12(3,4)9-11(13)2/h5,11,15H,1,6-10,14H2,2-4H3. The third-order valence-corrected chi connectivity index (χ3v) is 4.01. The Morgan fingerprint density at radius 1 is 1.47 bits per heavy atom. The van der Waals surface area contributed by atoms with Crippen LogP contribution in [0.25, 0.3) is 0 Å². The van der Waals surface area contributed by atoms with Crippen LogP contribution in [-0.2, 0) is 0 Å². The zero-order valence-corrected chi connectivity index (χ0v) is 10.5. The number of hydrogen-bond acceptors (Lipinski definition) is 2. The summed E-state index contributed by atoms with van der Waals surface area (Å²) in [6.07, 6.45) is 5.63. The molecule has 0 radical (unpaired) electrons. The van der Waals surface area contributed by atoms with E-state index in [-0.39, 0.29) is 5.54 Å². The zero-order valence-electron chi connectivity index (χ0n) is 10.5. The molecule has 15 heavy (non-hydrogen) atoms. The van der Waals surface area contributed by atoms with Gasteiger partial charge in [0.25, 0.3) is 0 Å². The van der Waals surface area contributed by atoms with E-state index in [0.717, 1.165) is 13.1 Å². The number of nitrogens with two attached hydrogens (primary N) is 1. The minimum absolute atomic E-state index is 0.143. The first-order valence-corrected chi connectivity index (χ1v) is 6.02. The number of rotatable bonds is 4. The van der Waals surface area contributed by atoms with Gasteiger partial charge in [-0.1, -0.05) is 26.8 Å². The predicted molar refractivity (Wildman–Crippen MR) is 66.8 cm³/mol. The van der Waals surface area contributed by atoms with Gasteiger partial charge in [-0.3, -0.25) is 0 Å². The third kappa shape index (κ3) is 2.82. The molecule has 0 aromatic heterocycles. The Bertz CT molecular complexity index is 223. The minimum atomic E-state index is 0.143. The molecule has 0 saturated heterocycles. The van der Waals surface area contributed by atoms with Gasteiger partial charge in [0.2, 0.25) is 0 Å². The van der Waals surface area contributed by atoms with Crippen molar-refractivity contribution >= 4 is 0 Å². The van der Waals surface area contributed by atoms with Crippen molar-refractivity contribution in [2.45, 2.75) is 45.6 Å². The Kier molecular flexibility index (Phi) is 3.96. The van der Waals surface area contributed by atoms with Crippen LogP contribution in [0.4, 0.5) is 0 Å². The molecule has 2 nitrogen and oxygen atoms in total. The molecule has 0 aromatic carbocycles. The van der Waals surface area contributed by atoms with E-state index in [1.807, 2.05) is 6.08 Å². The van der Waals surface area contributed by atoms with E-state index in [4.69, 9.17) is 5.73 Å². The fraction of sp³-hybridized carbons (Fsp3) is 0.846. The van der Waals surface area contributed by atoms with Gasteiger partial charge in [-0.25, -0.2) is 0 Å². The van der Waals surface area contributed by atoms with Crippen LogP contribution in [0.3, 0.4) is 0 Å². The van der Waals surface area contributed by atoms with E-state index in [9.17, 15) is 0 Å². The van der Waals surface area contributed by atoms with Gasteiger partial charge in [0.1, 0.15) is 0 Å². The molecule has 0 heterocycles. The number of hydrogen-bond donors (Lipinski definition) is 2. The molecule has 0 bridgehead atoms. The Labute approximate surface area is 94.3 Å². The van der Waals surface area contributed by atoms with Crippen molar-refractivity contribution in [1.82, 2.24) is 5.32 Å². The topological polar surface area (TPSA) is 38.0 Å². The molecular weight excluding hydrogens is 184 g/mol. The van der Waals surface area contributed by atoms with Crippen molar-refractivity contribution in [3.05, 3.63) is 12.7 Å². The highest BCUT2D eigenvalue weighted by Crippen LogP contribution is 2.43. The van der Waals surface area contributed by atoms with Gasteiger partial charge in [-0.15, -0.1) is 6.58 Å². The van der Waals surface area contributed by atoms with E-state index < -0.39 is 0 Å². The molecule has 1 aliphatic carbocycles. The summed E-state index contributed by atoms with van der Waals surface area (Å²) in [6.45, 7) is 12.4. The van der Waals surface area contributed by atoms with Gasteiger partial charge in [-0.2, -0.15) is 0 Å². The van der Waals surface area contributed by atoms with E-state index in [0.29, 0.717) is 11.3 Å². The fourth-order valence-electron chi connectivity index (χ4n) is 2.85. The maximum Gasteiger partial charge on any atom is 0.0332 e. The average molecular weight is 210 g/mol. The lowest BCUT2D eigenvalue weighted by molar-refractivity contribution is 0.0818. The average Bonchev–Trinajstić information content (AvgIpc) is 2.17. The highest BCUT2D eigenvalue weighted by Gasteiger charge is 2.42. The first-order chi connectivity index (χ1) is 6.96. The molecule has 0 aromatic rings. The molecule has 2 heteroatoms. The molecule has 0 aliphatic heterocycles. The predicted octanol–water partition coefficient (Wildman–Crippen LogP) is 2.31. The van der Waals surface area contributed by atoms with Gasteiger partial charge >= 0.3 is 0 Å². The van der Waals surface area contributed by atoms with E-state index in [2.05, 4.69) is 32.7 Å². The first-order valence-electron chi connectivity index (χ1n) is 6.02. The van der Waals surface area contributed by atoms with E-state index in [1.54, 1.807) is 0 Å². The first kappa shape index (κ1) is 12.7. The van der Waals surface area contributed by atoms with Crippen LogP contribution in [0.5, 0.6) is 0 Å². The Hall–Kier alpha value is -0.340. The fourth-order valence-corrected chi connectivity index (χ4v) is 2.85. The Morgan fingerprint density at radius 3 is 2.60 bits per heavy atom. The summed E-state index contributed by atoms with van der Waals surface area (Å²) < 4.78 is 0. The Balaban J connectivity index is 2.69. The van der Waals surface area contributed by atoms with Crippen molar-refractivity contribution in [2.24, 2.45) is 17.1 Å². The van der Waals surface area contributed by atoms with Crippen molar-refractivity contribution in [2.75, 3.05) is 13.1 Å². The summed E-state index contributed by atoms with van der Waals surface area (Å²) in [5, 5.41) is 3.58. The smallest absolute Gasteiger partial charge is 0.0332 e. The van der Waals surface area contributed by atoms with Crippen LogP contribution < -0.4 is 11.1 Å². The molecule has 1 aliphatic rings. The van der Waals surface area contributed by atoms with Crippen LogP contribution in [-0.4, -0.2) is 18.6 Å². The lowest BCUT2D eigenvalue weighted by atomic mass is 9.64. The second-order valence-corrected chi connectivity index (χ2v) is 5.80. The molecule has 88 valence electrons. The van der Waals surface area contributed by atoms with Crippen molar-refractivity contribution < 1.29 is 0 Å². The van der Waals surface area contributed by atoms with Crippen molar-refractivity contribution in [3.63, 3.8) is 0 Å². The molecule has 1 fully saturated rings. The van der Waals surface area contributed by atoms with Crippen LogP contribution in [0.2, 0.25) is 0 Å². The molecule has 1 rings (SSSR count). The molecule has 3 N–H and O–H groups in total. The largest absolute Gasteiger partial charge is 0.329 e. The molecule has 2 atom stereocenters. The van der Waals surface area contributed by atoms with Gasteiger partial charge in [0.05, 0.1) is 0 Å². The maximum atomic E-state index is 5.96. The number of nitrogens with one attached hydrogen (secondary N) is 1. The van der Waals surface area contributed by atoms with Crippen LogP contribution in [0, 0.1) is 11.3 Å². The second kappa shape index (κ2) is 4.67. The van der Waals surface area contributed by atoms with E-state index >= 15 is 0 Å². The normalized spacial score (nSPS) is 35.1. The SMILES string of the molecule is C=CCNC1(CN)CCC(C)(C)CC1C. The highest BCUT2D eigenvalue weighted by atomic mass is 15.0. The highest BCUT2D eigenvalue weighted by molar-refractivity contribution is 5.01. The molecule has 1 saturated carbocycles. The summed E-state index contributed by atoms with van der Waals surface area (Å²) in [5.74, 6) is 0.645. The summed E-state index contributed by atoms with van der Waals surface area (Å²) in [4.78, 5) is 0. The zero-order chi connectivity index (χ0) is 11.5. The lowest BCUT2D eigenvalue weighted by Crippen LogP contribution is -2.59. The minimum Gasteiger partial charge on any atom is -0.329 e. The summed E-state index contributed by atoms with van der Waals surface area (Å²) >= 11 is 0. The lowest BCUT2D eigenvalue weighted by Gasteiger charge is -2.48. The van der Waals surface area contributed by atoms with Crippen LogP contribution in [0.1, 0.15) is 40.0 Å². The maximum absolute atomic E-state index is 5.96. The van der Waals surface area contributed by atoms with Gasteiger partial charge in [0, 0.05) is 18.6 Å². The van der Waals surface area contributed by atoms with Gasteiger partial charge in [0.15, 0.2) is 0 Å². The molecular formula is C13H26N2. The van der Waals surface area contributed by atoms with Crippen LogP contribution >= 0.6 is 0 Å². The van der Waals surface area contributed by atoms with Crippen molar-refractivity contribution in [3.8, 4) is 0 Å². The van der Waals surface area contributed by atoms with E-state index in [1.165, 1.54) is 19.3 Å². The summed E-state index contributed by atoms with van der Waals surface area (Å²) in [6, 6.07) is 0. The van der Waals surface area contributed by atoms with Crippen molar-refractivity contribution in [1.29, 1.82) is 0 Å². The molecule has 2 unspecified atom stereocenters. The summed E-state index contributed by atoms with van der Waals surface area (Å²) in [5.41, 5.74) is 6.58. The summed E-state index contributed by atoms with van der Waals surface area (Å²) in [7, 11) is 0. The van der Waals surface area contributed by atoms with Gasteiger partial charge < -0.3 is 11.1 Å². The molecule has 0 spiro atoms. The second-order valence-electron chi connectivity index (χ2n) is 5.80. The van der Waals surface area contributed by atoms with Gasteiger partial charge in [-0.05, 0) is 30.6 Å². The molecule has 0 amide bonds. The third-order valence-electron chi connectivity index (χ3n) is 4.01. The Morgan fingerprint density at radius 2 is 2.13 bits per heavy atom.